The third kappa shape index (κ3) is 3.79. The molecule has 0 bridgehead atoms. The van der Waals surface area contributed by atoms with E-state index in [-0.39, 0.29) is 0 Å². The zero-order chi connectivity index (χ0) is 13.9. The second kappa shape index (κ2) is 5.40. The maximum atomic E-state index is 12.3. The van der Waals surface area contributed by atoms with Gasteiger partial charge in [-0.15, -0.1) is 0 Å². The van der Waals surface area contributed by atoms with E-state index < -0.39 is 11.7 Å². The molecule has 98 valence electrons. The van der Waals surface area contributed by atoms with Crippen LogP contribution in [0.4, 0.5) is 24.5 Å². The van der Waals surface area contributed by atoms with E-state index in [2.05, 4.69) is 10.2 Å². The molecular formula is C13H8ClF3N2. The second-order valence-electron chi connectivity index (χ2n) is 3.72. The molecule has 0 saturated carbocycles. The van der Waals surface area contributed by atoms with E-state index >= 15 is 0 Å². The maximum Gasteiger partial charge on any atom is 0.416 e. The third-order valence-corrected chi connectivity index (χ3v) is 2.55. The Bertz CT molecular complexity index is 574. The van der Waals surface area contributed by atoms with Crippen molar-refractivity contribution in [1.82, 2.24) is 0 Å². The SMILES string of the molecule is FC(F)(F)c1ccc(N=Nc2ccc(Cl)cc2)cc1. The number of halogens is 4. The van der Waals surface area contributed by atoms with Crippen molar-refractivity contribution >= 4 is 23.0 Å². The van der Waals surface area contributed by atoms with Crippen molar-refractivity contribution in [3.8, 4) is 0 Å². The molecule has 0 unspecified atom stereocenters. The van der Waals surface area contributed by atoms with Crippen molar-refractivity contribution in [2.45, 2.75) is 6.18 Å². The van der Waals surface area contributed by atoms with Crippen molar-refractivity contribution in [2.24, 2.45) is 10.2 Å². The molecule has 6 heteroatoms. The molecule has 0 spiro atoms. The quantitative estimate of drug-likeness (QED) is 0.625. The molecule has 2 rings (SSSR count). The van der Waals surface area contributed by atoms with Gasteiger partial charge in [-0.3, -0.25) is 0 Å². The van der Waals surface area contributed by atoms with Gasteiger partial charge in [0.15, 0.2) is 0 Å². The number of rotatable bonds is 2. The van der Waals surface area contributed by atoms with Crippen LogP contribution < -0.4 is 0 Å². The Hall–Kier alpha value is -1.88. The minimum Gasteiger partial charge on any atom is -0.166 e. The molecule has 2 nitrogen and oxygen atoms in total. The van der Waals surface area contributed by atoms with Gasteiger partial charge in [0.25, 0.3) is 0 Å². The number of benzene rings is 2. The van der Waals surface area contributed by atoms with Crippen LogP contribution in [0, 0.1) is 0 Å². The molecule has 0 aromatic heterocycles. The topological polar surface area (TPSA) is 24.7 Å². The summed E-state index contributed by atoms with van der Waals surface area (Å²) in [7, 11) is 0. The first-order valence-electron chi connectivity index (χ1n) is 5.30. The fraction of sp³-hybridized carbons (Fsp3) is 0.0769. The molecule has 2 aromatic rings. The standard InChI is InChI=1S/C13H8ClF3N2/c14-10-3-7-12(8-4-10)19-18-11-5-1-9(2-6-11)13(15,16)17/h1-8H. The van der Waals surface area contributed by atoms with Crippen molar-refractivity contribution in [3.05, 3.63) is 59.1 Å². The lowest BCUT2D eigenvalue weighted by atomic mass is 10.2. The molecule has 2 aromatic carbocycles. The second-order valence-corrected chi connectivity index (χ2v) is 4.16. The predicted molar refractivity (Wildman–Crippen MR) is 67.1 cm³/mol. The molecule has 0 N–H and O–H groups in total. The van der Waals surface area contributed by atoms with Crippen molar-refractivity contribution in [2.75, 3.05) is 0 Å². The lowest BCUT2D eigenvalue weighted by Crippen LogP contribution is -2.03. The summed E-state index contributed by atoms with van der Waals surface area (Å²) in [6.07, 6.45) is -4.34. The zero-order valence-electron chi connectivity index (χ0n) is 9.53. The summed E-state index contributed by atoms with van der Waals surface area (Å²) in [4.78, 5) is 0. The molecule has 0 heterocycles. The van der Waals surface area contributed by atoms with E-state index in [4.69, 9.17) is 11.6 Å². The smallest absolute Gasteiger partial charge is 0.166 e. The molecule has 0 amide bonds. The predicted octanol–water partition coefficient (Wildman–Crippen LogP) is 5.77. The van der Waals surface area contributed by atoms with Gasteiger partial charge in [0.05, 0.1) is 16.9 Å². The summed E-state index contributed by atoms with van der Waals surface area (Å²) >= 11 is 5.71. The van der Waals surface area contributed by atoms with Gasteiger partial charge < -0.3 is 0 Å². The van der Waals surface area contributed by atoms with Crippen LogP contribution in [-0.4, -0.2) is 0 Å². The highest BCUT2D eigenvalue weighted by molar-refractivity contribution is 6.30. The van der Waals surface area contributed by atoms with Crippen LogP contribution in [0.1, 0.15) is 5.56 Å². The fourth-order valence-corrected chi connectivity index (χ4v) is 1.47. The zero-order valence-corrected chi connectivity index (χ0v) is 10.3. The van der Waals surface area contributed by atoms with Gasteiger partial charge in [-0.05, 0) is 48.5 Å². The fourth-order valence-electron chi connectivity index (χ4n) is 1.34. The Morgan fingerprint density at radius 1 is 0.737 bits per heavy atom. The van der Waals surface area contributed by atoms with E-state index in [0.717, 1.165) is 12.1 Å². The van der Waals surface area contributed by atoms with E-state index in [1.54, 1.807) is 24.3 Å². The summed E-state index contributed by atoms with van der Waals surface area (Å²) in [5.74, 6) is 0. The Morgan fingerprint density at radius 3 is 1.58 bits per heavy atom. The summed E-state index contributed by atoms with van der Waals surface area (Å²) in [5, 5.41) is 8.32. The number of alkyl halides is 3. The summed E-state index contributed by atoms with van der Waals surface area (Å²) < 4.78 is 37.0. The van der Waals surface area contributed by atoms with Gasteiger partial charge in [0.2, 0.25) is 0 Å². The molecule has 0 radical (unpaired) electrons. The van der Waals surface area contributed by atoms with Crippen LogP contribution in [0.5, 0.6) is 0 Å². The minimum atomic E-state index is -4.34. The van der Waals surface area contributed by atoms with Gasteiger partial charge >= 0.3 is 6.18 Å². The Kier molecular flexibility index (Phi) is 3.85. The van der Waals surface area contributed by atoms with Crippen molar-refractivity contribution < 1.29 is 13.2 Å². The van der Waals surface area contributed by atoms with Gasteiger partial charge in [0, 0.05) is 5.02 Å². The first-order chi connectivity index (χ1) is 8.95. The van der Waals surface area contributed by atoms with Crippen molar-refractivity contribution in [1.29, 1.82) is 0 Å². The number of nitrogens with zero attached hydrogens (tertiary/aromatic N) is 2. The normalized spacial score (nSPS) is 12.0. The average molecular weight is 285 g/mol. The molecule has 0 aliphatic carbocycles. The van der Waals surface area contributed by atoms with Crippen molar-refractivity contribution in [3.63, 3.8) is 0 Å². The van der Waals surface area contributed by atoms with E-state index in [0.29, 0.717) is 16.4 Å². The molecule has 0 aliphatic rings. The Morgan fingerprint density at radius 2 is 1.16 bits per heavy atom. The van der Waals surface area contributed by atoms with Gasteiger partial charge in [0.1, 0.15) is 0 Å². The highest BCUT2D eigenvalue weighted by Gasteiger charge is 2.29. The molecule has 0 saturated heterocycles. The first kappa shape index (κ1) is 13.5. The highest BCUT2D eigenvalue weighted by atomic mass is 35.5. The molecular weight excluding hydrogens is 277 g/mol. The van der Waals surface area contributed by atoms with Gasteiger partial charge in [-0.25, -0.2) is 0 Å². The van der Waals surface area contributed by atoms with Crippen LogP contribution in [-0.2, 0) is 6.18 Å². The summed E-state index contributed by atoms with van der Waals surface area (Å²) in [5.41, 5.74) is 0.213. The van der Waals surface area contributed by atoms with Gasteiger partial charge in [-0.2, -0.15) is 23.4 Å². The first-order valence-corrected chi connectivity index (χ1v) is 5.67. The van der Waals surface area contributed by atoms with Crippen LogP contribution in [0.3, 0.4) is 0 Å². The lowest BCUT2D eigenvalue weighted by molar-refractivity contribution is -0.137. The molecule has 0 atom stereocenters. The van der Waals surface area contributed by atoms with Crippen LogP contribution in [0.2, 0.25) is 5.02 Å². The lowest BCUT2D eigenvalue weighted by Gasteiger charge is -2.05. The van der Waals surface area contributed by atoms with E-state index in [1.165, 1.54) is 12.1 Å². The maximum absolute atomic E-state index is 12.3. The third-order valence-electron chi connectivity index (χ3n) is 2.30. The van der Waals surface area contributed by atoms with Crippen LogP contribution in [0.25, 0.3) is 0 Å². The summed E-state index contributed by atoms with van der Waals surface area (Å²) in [6, 6.07) is 11.1. The molecule has 0 fully saturated rings. The van der Waals surface area contributed by atoms with E-state index in [9.17, 15) is 13.2 Å². The summed E-state index contributed by atoms with van der Waals surface area (Å²) in [6.45, 7) is 0. The monoisotopic (exact) mass is 284 g/mol. The average Bonchev–Trinajstić information content (AvgIpc) is 2.37. The Labute approximate surface area is 112 Å². The highest BCUT2D eigenvalue weighted by Crippen LogP contribution is 2.30. The van der Waals surface area contributed by atoms with Crippen LogP contribution >= 0.6 is 11.6 Å². The van der Waals surface area contributed by atoms with E-state index in [1.807, 2.05) is 0 Å². The number of hydrogen-bond donors (Lipinski definition) is 0. The van der Waals surface area contributed by atoms with Gasteiger partial charge in [-0.1, -0.05) is 11.6 Å². The van der Waals surface area contributed by atoms with Crippen LogP contribution in [0.15, 0.2) is 58.8 Å². The molecule has 0 aliphatic heterocycles. The number of hydrogen-bond acceptors (Lipinski definition) is 2. The molecule has 19 heavy (non-hydrogen) atoms. The minimum absolute atomic E-state index is 0.350. The largest absolute Gasteiger partial charge is 0.416 e. The number of azo groups is 1. The Balaban J connectivity index is 2.13.